The molecule has 1 saturated heterocycles. The summed E-state index contributed by atoms with van der Waals surface area (Å²) in [6.45, 7) is 6.24. The van der Waals surface area contributed by atoms with E-state index in [4.69, 9.17) is 10.5 Å². The van der Waals surface area contributed by atoms with Crippen molar-refractivity contribution in [2.45, 2.75) is 57.6 Å². The van der Waals surface area contributed by atoms with Crippen molar-refractivity contribution < 1.29 is 4.74 Å². The summed E-state index contributed by atoms with van der Waals surface area (Å²) in [6, 6.07) is 0.856. The standard InChI is InChI=1S/C14H28N2O/c1-12-3-2-4-13(11-12)16-8-5-14(6-9-16)17-10-7-15/h12-14H,2-11,15H2,1H3. The molecule has 3 nitrogen and oxygen atoms in total. The number of nitrogens with zero attached hydrogens (tertiary/aromatic N) is 1. The third-order valence-electron chi connectivity index (χ3n) is 4.37. The lowest BCUT2D eigenvalue weighted by atomic mass is 9.85. The fraction of sp³-hybridized carbons (Fsp3) is 1.00. The maximum absolute atomic E-state index is 5.74. The molecule has 100 valence electrons. The molecule has 0 aromatic carbocycles. The molecule has 2 aliphatic rings. The van der Waals surface area contributed by atoms with Crippen LogP contribution in [-0.2, 0) is 4.74 Å². The maximum Gasteiger partial charge on any atom is 0.0600 e. The molecule has 0 aromatic heterocycles. The van der Waals surface area contributed by atoms with Gasteiger partial charge in [-0.25, -0.2) is 0 Å². The lowest BCUT2D eigenvalue weighted by Gasteiger charge is -2.40. The first-order valence-corrected chi connectivity index (χ1v) is 7.35. The van der Waals surface area contributed by atoms with E-state index in [0.717, 1.165) is 18.6 Å². The second-order valence-electron chi connectivity index (χ2n) is 5.82. The van der Waals surface area contributed by atoms with Crippen molar-refractivity contribution in [3.05, 3.63) is 0 Å². The van der Waals surface area contributed by atoms with Crippen LogP contribution in [0.15, 0.2) is 0 Å². The van der Waals surface area contributed by atoms with Gasteiger partial charge in [0.15, 0.2) is 0 Å². The Morgan fingerprint density at radius 3 is 2.59 bits per heavy atom. The monoisotopic (exact) mass is 240 g/mol. The van der Waals surface area contributed by atoms with Crippen LogP contribution in [0.25, 0.3) is 0 Å². The molecule has 2 fully saturated rings. The number of rotatable bonds is 4. The van der Waals surface area contributed by atoms with Crippen molar-refractivity contribution in [2.75, 3.05) is 26.2 Å². The van der Waals surface area contributed by atoms with Gasteiger partial charge in [-0.2, -0.15) is 0 Å². The highest BCUT2D eigenvalue weighted by Crippen LogP contribution is 2.29. The highest BCUT2D eigenvalue weighted by molar-refractivity contribution is 4.82. The summed E-state index contributed by atoms with van der Waals surface area (Å²) in [7, 11) is 0. The number of ether oxygens (including phenoxy) is 1. The Morgan fingerprint density at radius 1 is 1.18 bits per heavy atom. The van der Waals surface area contributed by atoms with Gasteiger partial charge >= 0.3 is 0 Å². The number of likely N-dealkylation sites (tertiary alicyclic amines) is 1. The average Bonchev–Trinajstić information content (AvgIpc) is 2.37. The highest BCUT2D eigenvalue weighted by atomic mass is 16.5. The predicted octanol–water partition coefficient (Wildman–Crippen LogP) is 2.00. The molecule has 0 radical (unpaired) electrons. The summed E-state index contributed by atoms with van der Waals surface area (Å²) in [6.07, 6.45) is 8.56. The molecule has 17 heavy (non-hydrogen) atoms. The summed E-state index contributed by atoms with van der Waals surface area (Å²) < 4.78 is 5.74. The van der Waals surface area contributed by atoms with Crippen molar-refractivity contribution in [3.63, 3.8) is 0 Å². The first kappa shape index (κ1) is 13.3. The summed E-state index contributed by atoms with van der Waals surface area (Å²) >= 11 is 0. The van der Waals surface area contributed by atoms with Crippen molar-refractivity contribution in [3.8, 4) is 0 Å². The molecule has 1 aliphatic carbocycles. The van der Waals surface area contributed by atoms with E-state index in [1.807, 2.05) is 0 Å². The molecule has 0 bridgehead atoms. The summed E-state index contributed by atoms with van der Waals surface area (Å²) in [5.74, 6) is 0.931. The predicted molar refractivity (Wildman–Crippen MR) is 71.0 cm³/mol. The van der Waals surface area contributed by atoms with E-state index in [1.54, 1.807) is 0 Å². The van der Waals surface area contributed by atoms with Crippen LogP contribution in [0.5, 0.6) is 0 Å². The Balaban J connectivity index is 1.71. The molecule has 2 N–H and O–H groups in total. The van der Waals surface area contributed by atoms with Crippen LogP contribution in [0.2, 0.25) is 0 Å². The number of nitrogens with two attached hydrogens (primary N) is 1. The smallest absolute Gasteiger partial charge is 0.0600 e. The molecular formula is C14H28N2O. The minimum atomic E-state index is 0.468. The Kier molecular flexibility index (Phi) is 5.26. The third-order valence-corrected chi connectivity index (χ3v) is 4.37. The minimum Gasteiger partial charge on any atom is -0.377 e. The van der Waals surface area contributed by atoms with Gasteiger partial charge in [-0.05, 0) is 31.6 Å². The van der Waals surface area contributed by atoms with Gasteiger partial charge in [-0.3, -0.25) is 0 Å². The second kappa shape index (κ2) is 6.72. The summed E-state index contributed by atoms with van der Waals surface area (Å²) in [5.41, 5.74) is 5.47. The zero-order chi connectivity index (χ0) is 12.1. The molecular weight excluding hydrogens is 212 g/mol. The summed E-state index contributed by atoms with van der Waals surface area (Å²) in [4.78, 5) is 2.71. The van der Waals surface area contributed by atoms with Gasteiger partial charge in [0.2, 0.25) is 0 Å². The topological polar surface area (TPSA) is 38.5 Å². The van der Waals surface area contributed by atoms with Crippen LogP contribution in [0, 0.1) is 5.92 Å². The molecule has 3 heteroatoms. The van der Waals surface area contributed by atoms with Crippen LogP contribution < -0.4 is 5.73 Å². The van der Waals surface area contributed by atoms with Gasteiger partial charge < -0.3 is 15.4 Å². The second-order valence-corrected chi connectivity index (χ2v) is 5.82. The van der Waals surface area contributed by atoms with Gasteiger partial charge in [0, 0.05) is 25.7 Å². The molecule has 2 atom stereocenters. The third kappa shape index (κ3) is 3.94. The van der Waals surface area contributed by atoms with E-state index in [-0.39, 0.29) is 0 Å². The molecule has 0 amide bonds. The first-order chi connectivity index (χ1) is 8.29. The molecule has 1 saturated carbocycles. The lowest BCUT2D eigenvalue weighted by molar-refractivity contribution is -0.00508. The van der Waals surface area contributed by atoms with Crippen molar-refractivity contribution >= 4 is 0 Å². The fourth-order valence-corrected chi connectivity index (χ4v) is 3.38. The van der Waals surface area contributed by atoms with Crippen LogP contribution >= 0.6 is 0 Å². The Hall–Kier alpha value is -0.120. The van der Waals surface area contributed by atoms with Crippen molar-refractivity contribution in [2.24, 2.45) is 11.7 Å². The molecule has 0 spiro atoms. The lowest BCUT2D eigenvalue weighted by Crippen LogP contribution is -2.45. The van der Waals surface area contributed by atoms with Gasteiger partial charge in [-0.15, -0.1) is 0 Å². The highest BCUT2D eigenvalue weighted by Gasteiger charge is 2.28. The zero-order valence-corrected chi connectivity index (χ0v) is 11.2. The van der Waals surface area contributed by atoms with Crippen LogP contribution in [-0.4, -0.2) is 43.3 Å². The Labute approximate surface area is 106 Å². The van der Waals surface area contributed by atoms with Crippen molar-refractivity contribution in [1.82, 2.24) is 4.90 Å². The molecule has 1 aliphatic heterocycles. The van der Waals surface area contributed by atoms with E-state index >= 15 is 0 Å². The molecule has 1 heterocycles. The van der Waals surface area contributed by atoms with E-state index in [1.165, 1.54) is 51.6 Å². The molecule has 2 unspecified atom stereocenters. The van der Waals surface area contributed by atoms with E-state index in [9.17, 15) is 0 Å². The van der Waals surface area contributed by atoms with E-state index < -0.39 is 0 Å². The Bertz CT molecular complexity index is 214. The summed E-state index contributed by atoms with van der Waals surface area (Å²) in [5, 5.41) is 0. The van der Waals surface area contributed by atoms with Crippen LogP contribution in [0.3, 0.4) is 0 Å². The normalized spacial score (nSPS) is 32.8. The Morgan fingerprint density at radius 2 is 1.94 bits per heavy atom. The number of hydrogen-bond donors (Lipinski definition) is 1. The SMILES string of the molecule is CC1CCCC(N2CCC(OCCN)CC2)C1. The molecule has 2 rings (SSSR count). The first-order valence-electron chi connectivity index (χ1n) is 7.35. The average molecular weight is 240 g/mol. The van der Waals surface area contributed by atoms with Crippen molar-refractivity contribution in [1.29, 1.82) is 0 Å². The van der Waals surface area contributed by atoms with Gasteiger partial charge in [0.25, 0.3) is 0 Å². The zero-order valence-electron chi connectivity index (χ0n) is 11.2. The minimum absolute atomic E-state index is 0.468. The van der Waals surface area contributed by atoms with Gasteiger partial charge in [0.05, 0.1) is 12.7 Å². The quantitative estimate of drug-likeness (QED) is 0.817. The number of piperidine rings is 1. The van der Waals surface area contributed by atoms with Crippen LogP contribution in [0.1, 0.15) is 45.4 Å². The van der Waals surface area contributed by atoms with Gasteiger partial charge in [0.1, 0.15) is 0 Å². The van der Waals surface area contributed by atoms with E-state index in [0.29, 0.717) is 12.6 Å². The molecule has 0 aromatic rings. The van der Waals surface area contributed by atoms with E-state index in [2.05, 4.69) is 11.8 Å². The van der Waals surface area contributed by atoms with Crippen LogP contribution in [0.4, 0.5) is 0 Å². The number of hydrogen-bond acceptors (Lipinski definition) is 3. The fourth-order valence-electron chi connectivity index (χ4n) is 3.38. The largest absolute Gasteiger partial charge is 0.377 e. The maximum atomic E-state index is 5.74. The van der Waals surface area contributed by atoms with Gasteiger partial charge in [-0.1, -0.05) is 19.8 Å².